The number of carbonyl (C=O) groups excluding carboxylic acids is 4. The summed E-state index contributed by atoms with van der Waals surface area (Å²) >= 11 is 1.05. The van der Waals surface area contributed by atoms with Crippen LogP contribution in [0.2, 0.25) is 0 Å². The molecule has 11 heteroatoms. The van der Waals surface area contributed by atoms with Gasteiger partial charge in [-0.05, 0) is 30.7 Å². The van der Waals surface area contributed by atoms with E-state index in [1.807, 2.05) is 20.8 Å². The second-order valence-corrected chi connectivity index (χ2v) is 10.7. The van der Waals surface area contributed by atoms with Gasteiger partial charge in [-0.15, -0.1) is 11.3 Å². The molecule has 2 unspecified atom stereocenters. The van der Waals surface area contributed by atoms with Crippen molar-refractivity contribution in [2.75, 3.05) is 18.5 Å². The maximum atomic E-state index is 13.3. The van der Waals surface area contributed by atoms with Crippen molar-refractivity contribution in [3.63, 3.8) is 0 Å². The molecule has 2 aliphatic rings. The van der Waals surface area contributed by atoms with Crippen LogP contribution in [0.15, 0.2) is 29.6 Å². The smallest absolute Gasteiger partial charge is 0.341 e. The Bertz CT molecular complexity index is 1280. The van der Waals surface area contributed by atoms with Crippen molar-refractivity contribution in [3.8, 4) is 11.1 Å². The van der Waals surface area contributed by atoms with Gasteiger partial charge in [-0.25, -0.2) is 4.79 Å². The van der Waals surface area contributed by atoms with E-state index in [0.717, 1.165) is 16.2 Å². The Morgan fingerprint density at radius 2 is 2.00 bits per heavy atom. The van der Waals surface area contributed by atoms with Crippen LogP contribution < -0.4 is 5.32 Å². The van der Waals surface area contributed by atoms with E-state index < -0.39 is 34.2 Å². The Labute approximate surface area is 211 Å². The van der Waals surface area contributed by atoms with Gasteiger partial charge in [0.1, 0.15) is 17.1 Å². The van der Waals surface area contributed by atoms with Gasteiger partial charge >= 0.3 is 5.97 Å². The third-order valence-electron chi connectivity index (χ3n) is 7.70. The lowest BCUT2D eigenvalue weighted by atomic mass is 9.62. The fourth-order valence-corrected chi connectivity index (χ4v) is 6.19. The molecule has 3 amide bonds. The summed E-state index contributed by atoms with van der Waals surface area (Å²) in [6.07, 6.45) is 1.18. The second kappa shape index (κ2) is 9.12. The Morgan fingerprint density at radius 3 is 2.67 bits per heavy atom. The number of likely N-dealkylation sites (tertiary alicyclic amines) is 1. The minimum Gasteiger partial charge on any atom is -0.462 e. The molecule has 2 atom stereocenters. The number of piperidine rings is 1. The third kappa shape index (κ3) is 3.97. The van der Waals surface area contributed by atoms with Gasteiger partial charge in [-0.3, -0.25) is 29.4 Å². The number of esters is 1. The van der Waals surface area contributed by atoms with Gasteiger partial charge in [0.25, 0.3) is 5.69 Å². The molecule has 1 saturated carbocycles. The van der Waals surface area contributed by atoms with Crippen molar-refractivity contribution < 1.29 is 28.8 Å². The number of ether oxygens (including phenoxy) is 1. The monoisotopic (exact) mass is 513 g/mol. The second-order valence-electron chi connectivity index (χ2n) is 9.80. The van der Waals surface area contributed by atoms with Crippen LogP contribution in [0.4, 0.5) is 10.7 Å². The van der Waals surface area contributed by atoms with Gasteiger partial charge in [0.05, 0.1) is 16.9 Å². The van der Waals surface area contributed by atoms with E-state index in [0.29, 0.717) is 24.0 Å². The number of anilines is 1. The maximum Gasteiger partial charge on any atom is 0.341 e. The molecule has 190 valence electrons. The molecular formula is C25H27N3O7S. The van der Waals surface area contributed by atoms with Crippen molar-refractivity contribution in [3.05, 3.63) is 45.3 Å². The molecule has 1 saturated heterocycles. The number of carbonyl (C=O) groups is 4. The highest BCUT2D eigenvalue weighted by molar-refractivity contribution is 7.15. The van der Waals surface area contributed by atoms with Crippen molar-refractivity contribution in [2.24, 2.45) is 16.7 Å². The summed E-state index contributed by atoms with van der Waals surface area (Å²) in [7, 11) is 0. The van der Waals surface area contributed by atoms with Crippen LogP contribution in [-0.4, -0.2) is 46.7 Å². The van der Waals surface area contributed by atoms with Crippen LogP contribution in [0.5, 0.6) is 0 Å². The number of imide groups is 1. The summed E-state index contributed by atoms with van der Waals surface area (Å²) in [6.45, 7) is 6.94. The minimum absolute atomic E-state index is 0.0557. The summed E-state index contributed by atoms with van der Waals surface area (Å²) in [4.78, 5) is 63.8. The standard InChI is InChI=1S/C25H27N3O7S/c1-5-35-22(31)19-16(14-7-6-8-15(11-14)28(33)34)13-36-20(19)26-18(29)12-27-21(30)17-9-10-25(4,23(27)32)24(17,2)3/h6-8,11,13,17H,5,9-10,12H2,1-4H3,(H,26,29). The molecule has 1 aliphatic carbocycles. The van der Waals surface area contributed by atoms with Crippen LogP contribution in [0, 0.1) is 26.9 Å². The molecule has 0 radical (unpaired) electrons. The average molecular weight is 514 g/mol. The highest BCUT2D eigenvalue weighted by Gasteiger charge is 2.64. The van der Waals surface area contributed by atoms with Crippen molar-refractivity contribution >= 4 is 45.7 Å². The molecule has 4 rings (SSSR count). The number of rotatable bonds is 7. The number of nitro benzene ring substituents is 1. The predicted molar refractivity (Wildman–Crippen MR) is 132 cm³/mol. The SMILES string of the molecule is CCOC(=O)c1c(-c2cccc([N+](=O)[O-])c2)csc1NC(=O)CN1C(=O)C2CCC(C)(C1=O)C2(C)C. The van der Waals surface area contributed by atoms with E-state index in [1.165, 1.54) is 18.2 Å². The molecule has 0 spiro atoms. The molecule has 10 nitrogen and oxygen atoms in total. The van der Waals surface area contributed by atoms with Crippen molar-refractivity contribution in [2.45, 2.75) is 40.5 Å². The minimum atomic E-state index is -0.736. The first-order chi connectivity index (χ1) is 16.9. The number of hydrogen-bond donors (Lipinski definition) is 1. The summed E-state index contributed by atoms with van der Waals surface area (Å²) in [6, 6.07) is 5.79. The number of nitro groups is 1. The lowest BCUT2D eigenvalue weighted by Gasteiger charge is -2.47. The van der Waals surface area contributed by atoms with Crippen LogP contribution in [0.1, 0.15) is 50.9 Å². The first-order valence-corrected chi connectivity index (χ1v) is 12.5. The number of non-ortho nitro benzene ring substituents is 1. The molecule has 2 heterocycles. The summed E-state index contributed by atoms with van der Waals surface area (Å²) in [5, 5.41) is 15.6. The van der Waals surface area contributed by atoms with E-state index in [4.69, 9.17) is 4.74 Å². The van der Waals surface area contributed by atoms with E-state index in [2.05, 4.69) is 5.32 Å². The normalized spacial score (nSPS) is 22.4. The fraction of sp³-hybridized carbons (Fsp3) is 0.440. The first kappa shape index (κ1) is 25.5. The number of fused-ring (bicyclic) bond motifs is 2. The Hall–Kier alpha value is -3.60. The molecule has 1 N–H and O–H groups in total. The molecule has 1 aliphatic heterocycles. The Kier molecular flexibility index (Phi) is 6.46. The Balaban J connectivity index is 1.61. The zero-order chi connectivity index (χ0) is 26.4. The number of thiophene rings is 1. The van der Waals surface area contributed by atoms with Gasteiger partial charge in [-0.2, -0.15) is 0 Å². The lowest BCUT2D eigenvalue weighted by molar-refractivity contribution is -0.384. The summed E-state index contributed by atoms with van der Waals surface area (Å²) < 4.78 is 5.17. The number of nitrogens with zero attached hydrogens (tertiary/aromatic N) is 2. The van der Waals surface area contributed by atoms with E-state index in [9.17, 15) is 29.3 Å². The van der Waals surface area contributed by atoms with E-state index >= 15 is 0 Å². The largest absolute Gasteiger partial charge is 0.462 e. The Morgan fingerprint density at radius 1 is 1.28 bits per heavy atom. The summed E-state index contributed by atoms with van der Waals surface area (Å²) in [5.41, 5.74) is -0.536. The molecule has 1 aromatic carbocycles. The molecule has 2 fully saturated rings. The number of nitrogens with one attached hydrogen (secondary N) is 1. The zero-order valence-electron chi connectivity index (χ0n) is 20.5. The lowest BCUT2D eigenvalue weighted by Crippen LogP contribution is -2.60. The first-order valence-electron chi connectivity index (χ1n) is 11.6. The number of amides is 3. The molecular weight excluding hydrogens is 486 g/mol. The van der Waals surface area contributed by atoms with Gasteiger partial charge in [0.15, 0.2) is 0 Å². The van der Waals surface area contributed by atoms with Crippen molar-refractivity contribution in [1.29, 1.82) is 0 Å². The number of hydrogen-bond acceptors (Lipinski definition) is 8. The number of benzene rings is 1. The van der Waals surface area contributed by atoms with E-state index in [1.54, 1.807) is 18.4 Å². The van der Waals surface area contributed by atoms with Crippen LogP contribution in [-0.2, 0) is 19.1 Å². The van der Waals surface area contributed by atoms with Gasteiger partial charge in [0, 0.05) is 29.0 Å². The highest BCUT2D eigenvalue weighted by Crippen LogP contribution is 2.60. The van der Waals surface area contributed by atoms with E-state index in [-0.39, 0.29) is 40.6 Å². The average Bonchev–Trinajstić information content (AvgIpc) is 3.32. The molecule has 36 heavy (non-hydrogen) atoms. The quantitative estimate of drug-likeness (QED) is 0.253. The molecule has 2 bridgehead atoms. The highest BCUT2D eigenvalue weighted by atomic mass is 32.1. The van der Waals surface area contributed by atoms with Gasteiger partial charge in [-0.1, -0.05) is 32.9 Å². The molecule has 2 aromatic rings. The van der Waals surface area contributed by atoms with Crippen molar-refractivity contribution in [1.82, 2.24) is 4.90 Å². The zero-order valence-corrected chi connectivity index (χ0v) is 21.3. The molecule has 1 aromatic heterocycles. The topological polar surface area (TPSA) is 136 Å². The van der Waals surface area contributed by atoms with Crippen LogP contribution >= 0.6 is 11.3 Å². The predicted octanol–water partition coefficient (Wildman–Crippen LogP) is 4.25. The van der Waals surface area contributed by atoms with Crippen LogP contribution in [0.25, 0.3) is 11.1 Å². The van der Waals surface area contributed by atoms with Gasteiger partial charge in [0.2, 0.25) is 17.7 Å². The van der Waals surface area contributed by atoms with Gasteiger partial charge < -0.3 is 10.1 Å². The third-order valence-corrected chi connectivity index (χ3v) is 8.60. The maximum absolute atomic E-state index is 13.3. The summed E-state index contributed by atoms with van der Waals surface area (Å²) in [5.74, 6) is -2.39. The fourth-order valence-electron chi connectivity index (χ4n) is 5.22. The van der Waals surface area contributed by atoms with Crippen LogP contribution in [0.3, 0.4) is 0 Å².